The molecule has 1 saturated heterocycles. The number of imidazole rings is 1. The van der Waals surface area contributed by atoms with E-state index in [1.54, 1.807) is 14.1 Å². The quantitative estimate of drug-likeness (QED) is 0.820. The van der Waals surface area contributed by atoms with Crippen molar-refractivity contribution in [2.24, 2.45) is 11.3 Å². The molecule has 1 aliphatic carbocycles. The molecule has 1 aromatic carbocycles. The van der Waals surface area contributed by atoms with Gasteiger partial charge in [0.2, 0.25) is 11.8 Å². The Morgan fingerprint density at radius 3 is 2.65 bits per heavy atom. The first-order chi connectivity index (χ1) is 14.9. The molecule has 31 heavy (non-hydrogen) atoms. The number of piperidine rings is 1. The standard InChI is InChI=1S/C24H30N4O3/c1-26(2)20(29)7-8-21(30)27-11-9-24(10-12-27)13-18(23(24)31)22-17-6-4-3-5-16(17)19-14-25-15-28(19)22/h3-6,14-15,18,22-23,31H,7-13H2,1-2H3/t18-,22+,23+/m0/s1. The minimum Gasteiger partial charge on any atom is -0.392 e. The maximum atomic E-state index is 12.5. The highest BCUT2D eigenvalue weighted by Gasteiger charge is 2.58. The summed E-state index contributed by atoms with van der Waals surface area (Å²) in [5, 5.41) is 11.3. The number of fused-ring (bicyclic) bond motifs is 3. The zero-order chi connectivity index (χ0) is 21.8. The van der Waals surface area contributed by atoms with Crippen molar-refractivity contribution in [2.75, 3.05) is 27.2 Å². The first-order valence-corrected chi connectivity index (χ1v) is 11.2. The second-order valence-electron chi connectivity index (χ2n) is 9.56. The molecular weight excluding hydrogens is 392 g/mol. The SMILES string of the molecule is CN(C)C(=O)CCC(=O)N1CCC2(CC1)C[C@@H]([C@H]1c3ccccc3-c3cncn31)[C@H]2O. The van der Waals surface area contributed by atoms with Crippen LogP contribution in [0.25, 0.3) is 11.3 Å². The van der Waals surface area contributed by atoms with Crippen LogP contribution in [-0.4, -0.2) is 69.6 Å². The lowest BCUT2D eigenvalue weighted by molar-refractivity contribution is -0.164. The van der Waals surface area contributed by atoms with Crippen molar-refractivity contribution in [1.82, 2.24) is 19.4 Å². The van der Waals surface area contributed by atoms with Crippen LogP contribution in [0, 0.1) is 11.3 Å². The van der Waals surface area contributed by atoms with Gasteiger partial charge < -0.3 is 19.5 Å². The van der Waals surface area contributed by atoms with Gasteiger partial charge in [0.1, 0.15) is 0 Å². The summed E-state index contributed by atoms with van der Waals surface area (Å²) in [4.78, 5) is 32.0. The average molecular weight is 423 g/mol. The van der Waals surface area contributed by atoms with E-state index < -0.39 is 0 Å². The van der Waals surface area contributed by atoms with Gasteiger partial charge in [-0.05, 0) is 24.8 Å². The molecule has 1 spiro atoms. The summed E-state index contributed by atoms with van der Waals surface area (Å²) in [6.45, 7) is 1.33. The molecule has 3 aliphatic rings. The third-order valence-electron chi connectivity index (χ3n) is 7.77. The third kappa shape index (κ3) is 3.17. The van der Waals surface area contributed by atoms with E-state index in [4.69, 9.17) is 0 Å². The molecule has 2 fully saturated rings. The summed E-state index contributed by atoms with van der Waals surface area (Å²) in [6, 6.07) is 8.55. The van der Waals surface area contributed by atoms with Gasteiger partial charge in [-0.3, -0.25) is 9.59 Å². The summed E-state index contributed by atoms with van der Waals surface area (Å²) in [7, 11) is 3.42. The molecule has 5 rings (SSSR count). The minimum absolute atomic E-state index is 0.0187. The van der Waals surface area contributed by atoms with Gasteiger partial charge in [-0.15, -0.1) is 0 Å². The van der Waals surface area contributed by atoms with E-state index in [0.29, 0.717) is 13.1 Å². The van der Waals surface area contributed by atoms with Gasteiger partial charge in [0.15, 0.2) is 0 Å². The monoisotopic (exact) mass is 422 g/mol. The first kappa shape index (κ1) is 20.2. The van der Waals surface area contributed by atoms with E-state index in [1.807, 2.05) is 17.4 Å². The summed E-state index contributed by atoms with van der Waals surface area (Å²) in [5.41, 5.74) is 3.52. The van der Waals surface area contributed by atoms with Crippen LogP contribution in [0.15, 0.2) is 36.8 Å². The van der Waals surface area contributed by atoms with Crippen LogP contribution < -0.4 is 0 Å². The second kappa shape index (κ2) is 7.48. The maximum absolute atomic E-state index is 12.5. The molecule has 7 heteroatoms. The Morgan fingerprint density at radius 2 is 1.94 bits per heavy atom. The van der Waals surface area contributed by atoms with E-state index in [-0.39, 0.29) is 48.1 Å². The van der Waals surface area contributed by atoms with Crippen molar-refractivity contribution in [3.63, 3.8) is 0 Å². The van der Waals surface area contributed by atoms with E-state index in [1.165, 1.54) is 16.0 Å². The van der Waals surface area contributed by atoms with Gasteiger partial charge in [-0.25, -0.2) is 4.98 Å². The molecule has 2 aromatic rings. The van der Waals surface area contributed by atoms with Crippen molar-refractivity contribution in [2.45, 2.75) is 44.2 Å². The summed E-state index contributed by atoms with van der Waals surface area (Å²) < 4.78 is 2.21. The molecule has 164 valence electrons. The maximum Gasteiger partial charge on any atom is 0.223 e. The zero-order valence-corrected chi connectivity index (χ0v) is 18.2. The molecule has 0 unspecified atom stereocenters. The molecule has 1 aromatic heterocycles. The number of benzene rings is 1. The average Bonchev–Trinajstić information content (AvgIpc) is 3.37. The van der Waals surface area contributed by atoms with Crippen LogP contribution in [0.4, 0.5) is 0 Å². The molecule has 2 amide bonds. The normalized spacial score (nSPS) is 25.6. The lowest BCUT2D eigenvalue weighted by Gasteiger charge is -2.58. The van der Waals surface area contributed by atoms with Crippen LogP contribution in [-0.2, 0) is 9.59 Å². The Bertz CT molecular complexity index is 1010. The molecule has 1 N–H and O–H groups in total. The number of hydrogen-bond donors (Lipinski definition) is 1. The molecule has 0 bridgehead atoms. The molecule has 0 radical (unpaired) electrons. The molecule has 2 aliphatic heterocycles. The van der Waals surface area contributed by atoms with Crippen LogP contribution in [0.1, 0.15) is 43.7 Å². The fraction of sp³-hybridized carbons (Fsp3) is 0.542. The molecular formula is C24H30N4O3. The number of likely N-dealkylation sites (tertiary alicyclic amines) is 1. The summed E-state index contributed by atoms with van der Waals surface area (Å²) >= 11 is 0. The fourth-order valence-electron chi connectivity index (χ4n) is 5.89. The third-order valence-corrected chi connectivity index (χ3v) is 7.77. The predicted molar refractivity (Wildman–Crippen MR) is 116 cm³/mol. The van der Waals surface area contributed by atoms with Crippen LogP contribution in [0.5, 0.6) is 0 Å². The lowest BCUT2D eigenvalue weighted by atomic mass is 9.53. The van der Waals surface area contributed by atoms with Gasteiger partial charge >= 0.3 is 0 Å². The van der Waals surface area contributed by atoms with Crippen molar-refractivity contribution in [1.29, 1.82) is 0 Å². The zero-order valence-electron chi connectivity index (χ0n) is 18.2. The van der Waals surface area contributed by atoms with Gasteiger partial charge in [0.05, 0.1) is 30.4 Å². The number of carbonyl (C=O) groups excluding carboxylic acids is 2. The highest BCUT2D eigenvalue weighted by Crippen LogP contribution is 2.59. The second-order valence-corrected chi connectivity index (χ2v) is 9.56. The van der Waals surface area contributed by atoms with E-state index in [9.17, 15) is 14.7 Å². The smallest absolute Gasteiger partial charge is 0.223 e. The number of carbonyl (C=O) groups is 2. The number of aliphatic hydroxyl groups excluding tert-OH is 1. The Kier molecular flexibility index (Phi) is 4.88. The minimum atomic E-state index is -0.383. The van der Waals surface area contributed by atoms with Crippen LogP contribution in [0.3, 0.4) is 0 Å². The van der Waals surface area contributed by atoms with Gasteiger partial charge in [0.25, 0.3) is 0 Å². The number of aliphatic hydroxyl groups is 1. The van der Waals surface area contributed by atoms with Gasteiger partial charge in [-0.1, -0.05) is 24.3 Å². The number of hydrogen-bond acceptors (Lipinski definition) is 4. The Hall–Kier alpha value is -2.67. The summed E-state index contributed by atoms with van der Waals surface area (Å²) in [6.07, 6.45) is 6.53. The highest BCUT2D eigenvalue weighted by molar-refractivity contribution is 5.83. The number of aromatic nitrogens is 2. The number of amides is 2. The molecule has 3 atom stereocenters. The van der Waals surface area contributed by atoms with Crippen LogP contribution in [0.2, 0.25) is 0 Å². The Morgan fingerprint density at radius 1 is 1.19 bits per heavy atom. The van der Waals surface area contributed by atoms with Crippen molar-refractivity contribution >= 4 is 11.8 Å². The van der Waals surface area contributed by atoms with E-state index >= 15 is 0 Å². The predicted octanol–water partition coefficient (Wildman–Crippen LogP) is 2.31. The van der Waals surface area contributed by atoms with E-state index in [0.717, 1.165) is 25.0 Å². The van der Waals surface area contributed by atoms with Gasteiger partial charge in [0, 0.05) is 56.9 Å². The van der Waals surface area contributed by atoms with E-state index in [2.05, 4.69) is 33.8 Å². The number of rotatable bonds is 4. The summed E-state index contributed by atoms with van der Waals surface area (Å²) in [5.74, 6) is 0.189. The van der Waals surface area contributed by atoms with Crippen molar-refractivity contribution in [3.05, 3.63) is 42.4 Å². The Labute approximate surface area is 182 Å². The van der Waals surface area contributed by atoms with Gasteiger partial charge in [-0.2, -0.15) is 0 Å². The molecule has 1 saturated carbocycles. The highest BCUT2D eigenvalue weighted by atomic mass is 16.3. The topological polar surface area (TPSA) is 78.7 Å². The van der Waals surface area contributed by atoms with Crippen LogP contribution >= 0.6 is 0 Å². The lowest BCUT2D eigenvalue weighted by Crippen LogP contribution is -2.59. The molecule has 7 nitrogen and oxygen atoms in total. The van der Waals surface area contributed by atoms with Crippen molar-refractivity contribution < 1.29 is 14.7 Å². The fourth-order valence-corrected chi connectivity index (χ4v) is 5.89. The molecule has 3 heterocycles. The largest absolute Gasteiger partial charge is 0.392 e. The first-order valence-electron chi connectivity index (χ1n) is 11.2. The number of nitrogens with zero attached hydrogens (tertiary/aromatic N) is 4. The van der Waals surface area contributed by atoms with Crippen molar-refractivity contribution in [3.8, 4) is 11.3 Å². The Balaban J connectivity index is 1.23.